The highest BCUT2D eigenvalue weighted by Gasteiger charge is 2.24. The van der Waals surface area contributed by atoms with Gasteiger partial charge in [0.15, 0.2) is 0 Å². The van der Waals surface area contributed by atoms with Crippen LogP contribution in [0.5, 0.6) is 0 Å². The summed E-state index contributed by atoms with van der Waals surface area (Å²) in [5, 5.41) is 9.16. The molecule has 2 aromatic rings. The second kappa shape index (κ2) is 15.0. The number of hydrogen-bond donors (Lipinski definition) is 0. The van der Waals surface area contributed by atoms with Crippen LogP contribution in [0.15, 0.2) is 46.6 Å². The summed E-state index contributed by atoms with van der Waals surface area (Å²) in [5.74, 6) is -1.03. The highest BCUT2D eigenvalue weighted by molar-refractivity contribution is 7.96. The molecule has 12 heteroatoms. The number of piperazine rings is 1. The molecule has 1 saturated heterocycles. The molecule has 2 aliphatic heterocycles. The van der Waals surface area contributed by atoms with Crippen molar-refractivity contribution in [2.45, 2.75) is 33.2 Å². The van der Waals surface area contributed by atoms with Crippen LogP contribution in [0.1, 0.15) is 31.4 Å². The minimum atomic E-state index is -2.69. The number of hydrazine groups is 1. The molecule has 4 rings (SSSR count). The van der Waals surface area contributed by atoms with E-state index in [9.17, 15) is 13.2 Å². The fourth-order valence-corrected chi connectivity index (χ4v) is 5.01. The van der Waals surface area contributed by atoms with E-state index in [1.165, 1.54) is 30.1 Å². The summed E-state index contributed by atoms with van der Waals surface area (Å²) in [5.41, 5.74) is 1.40. The standard InChI is InChI=1S/C25H29ClF4N6S.C2H6/c1-33-7-9-34(10-8-33)11-12-36(37-2)35(19-5-6-21(27)20(26)14-19)16-18-4-3-17(13-22(18)28)23-15-24(25(29)30)32-31-23;1-2/h3-6,13-14,25H,7-12,15-16H2,1-2H3;1-2H3. The number of halogens is 5. The number of alkyl halides is 2. The Morgan fingerprint density at radius 3 is 2.31 bits per heavy atom. The first-order valence-corrected chi connectivity index (χ1v) is 14.5. The van der Waals surface area contributed by atoms with Gasteiger partial charge in [-0.15, -0.1) is 0 Å². The van der Waals surface area contributed by atoms with Gasteiger partial charge in [0.1, 0.15) is 17.3 Å². The second-order valence-electron chi connectivity index (χ2n) is 8.98. The summed E-state index contributed by atoms with van der Waals surface area (Å²) in [6.07, 6.45) is -0.867. The first-order chi connectivity index (χ1) is 18.7. The third-order valence-electron chi connectivity index (χ3n) is 6.49. The van der Waals surface area contributed by atoms with Gasteiger partial charge in [-0.2, -0.15) is 14.6 Å². The van der Waals surface area contributed by atoms with Crippen LogP contribution in [0.25, 0.3) is 0 Å². The van der Waals surface area contributed by atoms with Crippen molar-refractivity contribution in [1.29, 1.82) is 0 Å². The van der Waals surface area contributed by atoms with Crippen LogP contribution in [-0.2, 0) is 6.54 Å². The van der Waals surface area contributed by atoms with Crippen LogP contribution in [0.4, 0.5) is 23.2 Å². The molecule has 2 aromatic carbocycles. The van der Waals surface area contributed by atoms with E-state index in [0.29, 0.717) is 29.1 Å². The van der Waals surface area contributed by atoms with Gasteiger partial charge in [0.25, 0.3) is 6.43 Å². The van der Waals surface area contributed by atoms with Crippen molar-refractivity contribution in [3.05, 3.63) is 64.2 Å². The SMILES string of the molecule is CC.CSN(CCN1CCN(C)CC1)N(Cc1ccc(C2=NN=C(C(F)F)C2)cc1F)c1ccc(F)c(Cl)c1. The van der Waals surface area contributed by atoms with Crippen molar-refractivity contribution in [2.75, 3.05) is 57.6 Å². The topological polar surface area (TPSA) is 37.7 Å². The zero-order valence-electron chi connectivity index (χ0n) is 22.7. The van der Waals surface area contributed by atoms with E-state index >= 15 is 4.39 Å². The Bertz CT molecular complexity index is 1160. The first-order valence-electron chi connectivity index (χ1n) is 12.9. The molecule has 0 amide bonds. The maximum absolute atomic E-state index is 15.3. The Balaban J connectivity index is 0.00000205. The van der Waals surface area contributed by atoms with Gasteiger partial charge in [-0.3, -0.25) is 9.91 Å². The lowest BCUT2D eigenvalue weighted by molar-refractivity contribution is 0.147. The third kappa shape index (κ3) is 8.40. The Morgan fingerprint density at radius 1 is 1.00 bits per heavy atom. The summed E-state index contributed by atoms with van der Waals surface area (Å²) in [4.78, 5) is 4.67. The zero-order valence-corrected chi connectivity index (χ0v) is 24.3. The lowest BCUT2D eigenvalue weighted by atomic mass is 10.0. The Hall–Kier alpha value is -2.18. The third-order valence-corrected chi connectivity index (χ3v) is 7.58. The molecular formula is C27H35ClF4N6S. The van der Waals surface area contributed by atoms with Gasteiger partial charge < -0.3 is 4.90 Å². The molecule has 39 heavy (non-hydrogen) atoms. The summed E-state index contributed by atoms with van der Waals surface area (Å²) >= 11 is 7.57. The van der Waals surface area contributed by atoms with Crippen LogP contribution in [0.3, 0.4) is 0 Å². The maximum Gasteiger partial charge on any atom is 0.278 e. The zero-order chi connectivity index (χ0) is 28.5. The Labute approximate surface area is 237 Å². The average Bonchev–Trinajstić information content (AvgIpc) is 3.44. The van der Waals surface area contributed by atoms with Crippen LogP contribution >= 0.6 is 23.5 Å². The highest BCUT2D eigenvalue weighted by Crippen LogP contribution is 2.29. The number of rotatable bonds is 10. The highest BCUT2D eigenvalue weighted by atomic mass is 35.5. The van der Waals surface area contributed by atoms with Crippen molar-refractivity contribution >= 4 is 40.7 Å². The van der Waals surface area contributed by atoms with Crippen molar-refractivity contribution in [3.63, 3.8) is 0 Å². The molecular weight excluding hydrogens is 552 g/mol. The van der Waals surface area contributed by atoms with Crippen molar-refractivity contribution in [3.8, 4) is 0 Å². The van der Waals surface area contributed by atoms with Gasteiger partial charge in [0.05, 0.1) is 23.0 Å². The fraction of sp³-hybridized carbons (Fsp3) is 0.481. The molecule has 0 saturated carbocycles. The molecule has 1 fully saturated rings. The summed E-state index contributed by atoms with van der Waals surface area (Å²) in [7, 11) is 2.11. The van der Waals surface area contributed by atoms with Crippen LogP contribution < -0.4 is 5.01 Å². The predicted molar refractivity (Wildman–Crippen MR) is 154 cm³/mol. The van der Waals surface area contributed by atoms with Crippen LogP contribution in [0, 0.1) is 11.6 Å². The smallest absolute Gasteiger partial charge is 0.278 e. The molecule has 214 valence electrons. The van der Waals surface area contributed by atoms with E-state index in [4.69, 9.17) is 11.6 Å². The minimum absolute atomic E-state index is 0.0208. The molecule has 0 unspecified atom stereocenters. The molecule has 0 N–H and O–H groups in total. The van der Waals surface area contributed by atoms with E-state index in [2.05, 4.69) is 27.1 Å². The van der Waals surface area contributed by atoms with E-state index < -0.39 is 18.1 Å². The minimum Gasteiger partial charge on any atom is -0.304 e. The van der Waals surface area contributed by atoms with Crippen molar-refractivity contribution < 1.29 is 17.6 Å². The first kappa shape index (κ1) is 31.3. The lowest BCUT2D eigenvalue weighted by Crippen LogP contribution is -2.48. The van der Waals surface area contributed by atoms with E-state index in [1.807, 2.05) is 29.5 Å². The van der Waals surface area contributed by atoms with Crippen molar-refractivity contribution in [2.24, 2.45) is 10.2 Å². The Morgan fingerprint density at radius 2 is 1.72 bits per heavy atom. The van der Waals surface area contributed by atoms with Gasteiger partial charge in [-0.05, 0) is 37.6 Å². The molecule has 0 spiro atoms. The molecule has 0 aliphatic carbocycles. The normalized spacial score (nSPS) is 16.3. The van der Waals surface area contributed by atoms with Gasteiger partial charge >= 0.3 is 0 Å². The monoisotopic (exact) mass is 586 g/mol. The molecule has 0 radical (unpaired) electrons. The second-order valence-corrected chi connectivity index (χ2v) is 10.2. The summed E-state index contributed by atoms with van der Waals surface area (Å²) in [6, 6.07) is 9.00. The number of benzene rings is 2. The van der Waals surface area contributed by atoms with Crippen LogP contribution in [-0.4, -0.2) is 84.6 Å². The molecule has 2 heterocycles. The van der Waals surface area contributed by atoms with E-state index in [-0.39, 0.29) is 23.7 Å². The molecule has 6 nitrogen and oxygen atoms in total. The molecule has 0 bridgehead atoms. The number of anilines is 1. The Kier molecular flexibility index (Phi) is 12.1. The predicted octanol–water partition coefficient (Wildman–Crippen LogP) is 6.21. The average molecular weight is 587 g/mol. The molecule has 0 atom stereocenters. The number of nitrogens with zero attached hydrogens (tertiary/aromatic N) is 6. The van der Waals surface area contributed by atoms with Gasteiger partial charge in [0, 0.05) is 56.8 Å². The fourth-order valence-electron chi connectivity index (χ4n) is 4.22. The summed E-state index contributed by atoms with van der Waals surface area (Å²) in [6.45, 7) is 9.57. The molecule has 0 aromatic heterocycles. The van der Waals surface area contributed by atoms with Gasteiger partial charge in [0.2, 0.25) is 0 Å². The van der Waals surface area contributed by atoms with E-state index in [0.717, 1.165) is 32.7 Å². The number of likely N-dealkylation sites (N-methyl/N-ethyl adjacent to an activating group) is 1. The van der Waals surface area contributed by atoms with Crippen molar-refractivity contribution in [1.82, 2.24) is 14.2 Å². The van der Waals surface area contributed by atoms with Crippen LogP contribution in [0.2, 0.25) is 5.02 Å². The van der Waals surface area contributed by atoms with Gasteiger partial charge in [-0.25, -0.2) is 17.6 Å². The number of hydrogen-bond acceptors (Lipinski definition) is 7. The molecule has 2 aliphatic rings. The lowest BCUT2D eigenvalue weighted by Gasteiger charge is -2.38. The quantitative estimate of drug-likeness (QED) is 0.188. The largest absolute Gasteiger partial charge is 0.304 e. The van der Waals surface area contributed by atoms with Gasteiger partial charge in [-0.1, -0.05) is 49.5 Å². The maximum atomic E-state index is 15.3. The van der Waals surface area contributed by atoms with E-state index in [1.54, 1.807) is 18.2 Å². The summed E-state index contributed by atoms with van der Waals surface area (Å²) < 4.78 is 57.0.